The first kappa shape index (κ1) is 17.6. The van der Waals surface area contributed by atoms with Crippen LogP contribution in [0.4, 0.5) is 5.82 Å². The predicted octanol–water partition coefficient (Wildman–Crippen LogP) is 6.93. The Kier molecular flexibility index (Phi) is 5.00. The molecule has 0 radical (unpaired) electrons. The molecule has 4 rings (SSSR count). The summed E-state index contributed by atoms with van der Waals surface area (Å²) in [4.78, 5) is 10.2. The van der Waals surface area contributed by atoms with E-state index in [4.69, 9.17) is 39.8 Å². The van der Waals surface area contributed by atoms with Gasteiger partial charge in [-0.25, -0.2) is 9.97 Å². The molecule has 0 spiro atoms. The quantitative estimate of drug-likeness (QED) is 0.389. The molecule has 26 heavy (non-hydrogen) atoms. The monoisotopic (exact) mass is 419 g/mol. The van der Waals surface area contributed by atoms with Gasteiger partial charge >= 0.3 is 0 Å². The molecule has 4 aromatic rings. The second-order valence-electron chi connectivity index (χ2n) is 5.63. The average Bonchev–Trinajstić information content (AvgIpc) is 3.03. The van der Waals surface area contributed by atoms with Gasteiger partial charge in [0.25, 0.3) is 0 Å². The molecular weight excluding hydrogens is 409 g/mol. The molecule has 2 heterocycles. The molecule has 0 amide bonds. The number of benzene rings is 2. The van der Waals surface area contributed by atoms with Crippen LogP contribution >= 0.6 is 46.1 Å². The molecule has 0 aliphatic rings. The number of rotatable bonds is 4. The number of hydrogen-bond acceptors (Lipinski definition) is 4. The summed E-state index contributed by atoms with van der Waals surface area (Å²) in [5.74, 6) is 1.40. The Labute approximate surface area is 169 Å². The summed E-state index contributed by atoms with van der Waals surface area (Å²) in [5.41, 5.74) is 1.96. The van der Waals surface area contributed by atoms with Gasteiger partial charge < -0.3 is 5.32 Å². The molecule has 0 fully saturated rings. The van der Waals surface area contributed by atoms with Crippen molar-refractivity contribution in [3.63, 3.8) is 0 Å². The minimum absolute atomic E-state index is 0.530. The third-order valence-corrected chi connectivity index (χ3v) is 5.74. The van der Waals surface area contributed by atoms with Crippen molar-refractivity contribution < 1.29 is 0 Å². The van der Waals surface area contributed by atoms with Gasteiger partial charge in [0, 0.05) is 12.1 Å². The number of nitrogens with zero attached hydrogens (tertiary/aromatic N) is 2. The van der Waals surface area contributed by atoms with Crippen molar-refractivity contribution in [3.05, 3.63) is 74.5 Å². The van der Waals surface area contributed by atoms with E-state index in [2.05, 4.69) is 10.3 Å². The number of aromatic nitrogens is 2. The minimum Gasteiger partial charge on any atom is -0.365 e. The summed E-state index contributed by atoms with van der Waals surface area (Å²) in [7, 11) is 0. The Bertz CT molecular complexity index is 1080. The van der Waals surface area contributed by atoms with Crippen molar-refractivity contribution in [3.8, 4) is 11.4 Å². The maximum atomic E-state index is 6.20. The van der Waals surface area contributed by atoms with E-state index in [1.54, 1.807) is 6.07 Å². The lowest BCUT2D eigenvalue weighted by atomic mass is 10.2. The first-order chi connectivity index (χ1) is 12.6. The molecule has 1 N–H and O–H groups in total. The Hall–Kier alpha value is -1.85. The molecule has 0 saturated heterocycles. The molecule has 0 aliphatic carbocycles. The lowest BCUT2D eigenvalue weighted by molar-refractivity contribution is 1.11. The molecule has 7 heteroatoms. The standard InChI is InChI=1S/C19H12Cl3N3S/c20-14-7-6-11(8-15(14)21)10-23-18-13-9-16(22)26-19(13)25-17(24-18)12-4-2-1-3-5-12/h1-9H,10H2,(H,23,24,25). The second kappa shape index (κ2) is 7.41. The van der Waals surface area contributed by atoms with E-state index in [1.165, 1.54) is 11.3 Å². The number of nitrogens with one attached hydrogen (secondary N) is 1. The Morgan fingerprint density at radius 3 is 2.46 bits per heavy atom. The summed E-state index contributed by atoms with van der Waals surface area (Å²) in [6.45, 7) is 0.560. The maximum Gasteiger partial charge on any atom is 0.163 e. The fraction of sp³-hybridized carbons (Fsp3) is 0.0526. The zero-order valence-electron chi connectivity index (χ0n) is 13.3. The molecule has 130 valence electrons. The van der Waals surface area contributed by atoms with Crippen molar-refractivity contribution in [2.45, 2.75) is 6.54 Å². The lowest BCUT2D eigenvalue weighted by Gasteiger charge is -2.10. The van der Waals surface area contributed by atoms with Crippen LogP contribution in [0.25, 0.3) is 21.6 Å². The van der Waals surface area contributed by atoms with Gasteiger partial charge in [-0.15, -0.1) is 11.3 Å². The third kappa shape index (κ3) is 3.64. The predicted molar refractivity (Wildman–Crippen MR) is 112 cm³/mol. The Balaban J connectivity index is 1.71. The van der Waals surface area contributed by atoms with Crippen LogP contribution in [0.1, 0.15) is 5.56 Å². The summed E-state index contributed by atoms with van der Waals surface area (Å²) in [6, 6.07) is 17.3. The molecule has 2 aromatic heterocycles. The van der Waals surface area contributed by atoms with Gasteiger partial charge in [-0.3, -0.25) is 0 Å². The van der Waals surface area contributed by atoms with Crippen LogP contribution in [-0.4, -0.2) is 9.97 Å². The van der Waals surface area contributed by atoms with E-state index in [9.17, 15) is 0 Å². The van der Waals surface area contributed by atoms with Gasteiger partial charge in [0.1, 0.15) is 10.6 Å². The fourth-order valence-electron chi connectivity index (χ4n) is 2.58. The van der Waals surface area contributed by atoms with E-state index >= 15 is 0 Å². The average molecular weight is 421 g/mol. The smallest absolute Gasteiger partial charge is 0.163 e. The molecule has 2 aromatic carbocycles. The number of halogens is 3. The van der Waals surface area contributed by atoms with Crippen molar-refractivity contribution >= 4 is 62.2 Å². The van der Waals surface area contributed by atoms with Crippen LogP contribution in [0.15, 0.2) is 54.6 Å². The number of anilines is 1. The van der Waals surface area contributed by atoms with Crippen LogP contribution in [0, 0.1) is 0 Å². The van der Waals surface area contributed by atoms with Gasteiger partial charge in [0.05, 0.1) is 19.8 Å². The van der Waals surface area contributed by atoms with Crippen LogP contribution in [0.2, 0.25) is 14.4 Å². The molecule has 0 atom stereocenters. The van der Waals surface area contributed by atoms with E-state index in [-0.39, 0.29) is 0 Å². The number of hydrogen-bond donors (Lipinski definition) is 1. The maximum absolute atomic E-state index is 6.20. The highest BCUT2D eigenvalue weighted by atomic mass is 35.5. The summed E-state index contributed by atoms with van der Waals surface area (Å²) >= 11 is 19.7. The lowest BCUT2D eigenvalue weighted by Crippen LogP contribution is -2.03. The highest BCUT2D eigenvalue weighted by molar-refractivity contribution is 7.22. The summed E-state index contributed by atoms with van der Waals surface area (Å²) < 4.78 is 0.678. The first-order valence-corrected chi connectivity index (χ1v) is 9.75. The van der Waals surface area contributed by atoms with Crippen LogP contribution < -0.4 is 5.32 Å². The molecule has 0 unspecified atom stereocenters. The van der Waals surface area contributed by atoms with Gasteiger partial charge in [-0.2, -0.15) is 0 Å². The normalized spacial score (nSPS) is 11.0. The first-order valence-electron chi connectivity index (χ1n) is 7.80. The van der Waals surface area contributed by atoms with Crippen LogP contribution in [0.3, 0.4) is 0 Å². The number of fused-ring (bicyclic) bond motifs is 1. The molecule has 0 bridgehead atoms. The Morgan fingerprint density at radius 1 is 0.885 bits per heavy atom. The molecule has 0 aliphatic heterocycles. The summed E-state index contributed by atoms with van der Waals surface area (Å²) in [6.07, 6.45) is 0. The zero-order chi connectivity index (χ0) is 18.1. The van der Waals surface area contributed by atoms with Gasteiger partial charge in [-0.05, 0) is 23.8 Å². The topological polar surface area (TPSA) is 37.8 Å². The van der Waals surface area contributed by atoms with Gasteiger partial charge in [0.15, 0.2) is 5.82 Å². The SMILES string of the molecule is Clc1cc2c(NCc3ccc(Cl)c(Cl)c3)nc(-c3ccccc3)nc2s1. The van der Waals surface area contributed by atoms with Gasteiger partial charge in [-0.1, -0.05) is 71.2 Å². The molecule has 0 saturated carbocycles. The Morgan fingerprint density at radius 2 is 1.69 bits per heavy atom. The highest BCUT2D eigenvalue weighted by Crippen LogP contribution is 2.34. The summed E-state index contributed by atoms with van der Waals surface area (Å²) in [5, 5.41) is 5.34. The molecular formula is C19H12Cl3N3S. The van der Waals surface area contributed by atoms with Gasteiger partial charge in [0.2, 0.25) is 0 Å². The molecule has 3 nitrogen and oxygen atoms in total. The third-order valence-electron chi connectivity index (χ3n) is 3.84. The zero-order valence-corrected chi connectivity index (χ0v) is 16.4. The van der Waals surface area contributed by atoms with Crippen LogP contribution in [-0.2, 0) is 6.54 Å². The fourth-order valence-corrected chi connectivity index (χ4v) is 3.99. The number of thiophene rings is 1. The van der Waals surface area contributed by atoms with Crippen molar-refractivity contribution in [2.75, 3.05) is 5.32 Å². The van der Waals surface area contributed by atoms with Crippen molar-refractivity contribution in [1.29, 1.82) is 0 Å². The van der Waals surface area contributed by atoms with Crippen LogP contribution in [0.5, 0.6) is 0 Å². The second-order valence-corrected chi connectivity index (χ2v) is 8.11. The highest BCUT2D eigenvalue weighted by Gasteiger charge is 2.12. The van der Waals surface area contributed by atoms with E-state index in [1.807, 2.05) is 48.5 Å². The van der Waals surface area contributed by atoms with E-state index in [0.29, 0.717) is 26.8 Å². The van der Waals surface area contributed by atoms with E-state index in [0.717, 1.165) is 27.2 Å². The van der Waals surface area contributed by atoms with E-state index < -0.39 is 0 Å². The minimum atomic E-state index is 0.530. The largest absolute Gasteiger partial charge is 0.365 e. The van der Waals surface area contributed by atoms with Crippen molar-refractivity contribution in [1.82, 2.24) is 9.97 Å². The van der Waals surface area contributed by atoms with Crippen molar-refractivity contribution in [2.24, 2.45) is 0 Å².